The standard InChI is InChI=1S/C15H26N2O5/c1-4-21-13(18)10-17(11-14(19)22-5-2)15(20)12(3)8-6-7-9-16/h3-11,16H2,1-2H3. The topological polar surface area (TPSA) is 98.9 Å². The van der Waals surface area contributed by atoms with Crippen molar-refractivity contribution in [2.45, 2.75) is 33.1 Å². The lowest BCUT2D eigenvalue weighted by molar-refractivity contribution is -0.152. The van der Waals surface area contributed by atoms with E-state index in [0.29, 0.717) is 18.5 Å². The largest absolute Gasteiger partial charge is 0.465 e. The van der Waals surface area contributed by atoms with Gasteiger partial charge in [0, 0.05) is 5.57 Å². The van der Waals surface area contributed by atoms with Crippen molar-refractivity contribution in [2.24, 2.45) is 5.73 Å². The van der Waals surface area contributed by atoms with Crippen molar-refractivity contribution < 1.29 is 23.9 Å². The molecule has 0 aliphatic carbocycles. The van der Waals surface area contributed by atoms with Crippen LogP contribution in [0.3, 0.4) is 0 Å². The van der Waals surface area contributed by atoms with Crippen molar-refractivity contribution in [1.29, 1.82) is 0 Å². The maximum atomic E-state index is 12.3. The zero-order valence-electron chi connectivity index (χ0n) is 13.4. The van der Waals surface area contributed by atoms with E-state index in [4.69, 9.17) is 15.2 Å². The highest BCUT2D eigenvalue weighted by atomic mass is 16.5. The summed E-state index contributed by atoms with van der Waals surface area (Å²) in [5.74, 6) is -1.59. The fourth-order valence-electron chi connectivity index (χ4n) is 1.74. The summed E-state index contributed by atoms with van der Waals surface area (Å²) in [7, 11) is 0. The number of carbonyl (C=O) groups is 3. The van der Waals surface area contributed by atoms with E-state index < -0.39 is 17.8 Å². The quantitative estimate of drug-likeness (QED) is 0.341. The molecule has 0 saturated heterocycles. The molecular formula is C15H26N2O5. The van der Waals surface area contributed by atoms with Gasteiger partial charge in [0.15, 0.2) is 0 Å². The molecule has 0 aliphatic rings. The first-order valence-corrected chi connectivity index (χ1v) is 7.44. The van der Waals surface area contributed by atoms with Gasteiger partial charge in [0.1, 0.15) is 13.1 Å². The Morgan fingerprint density at radius 2 is 1.50 bits per heavy atom. The lowest BCUT2D eigenvalue weighted by Crippen LogP contribution is -2.41. The first-order chi connectivity index (χ1) is 10.5. The molecule has 7 heteroatoms. The third-order valence-electron chi connectivity index (χ3n) is 2.77. The van der Waals surface area contributed by atoms with Gasteiger partial charge < -0.3 is 20.1 Å². The van der Waals surface area contributed by atoms with Crippen molar-refractivity contribution in [3.8, 4) is 0 Å². The minimum Gasteiger partial charge on any atom is -0.465 e. The van der Waals surface area contributed by atoms with E-state index in [2.05, 4.69) is 6.58 Å². The van der Waals surface area contributed by atoms with Crippen LogP contribution in [0.4, 0.5) is 0 Å². The number of nitrogens with zero attached hydrogens (tertiary/aromatic N) is 1. The molecular weight excluding hydrogens is 288 g/mol. The van der Waals surface area contributed by atoms with E-state index in [1.54, 1.807) is 13.8 Å². The highest BCUT2D eigenvalue weighted by molar-refractivity contribution is 5.96. The number of esters is 2. The van der Waals surface area contributed by atoms with Crippen LogP contribution in [0, 0.1) is 0 Å². The Balaban J connectivity index is 4.72. The monoisotopic (exact) mass is 314 g/mol. The number of hydrogen-bond donors (Lipinski definition) is 1. The molecule has 0 bridgehead atoms. The summed E-state index contributed by atoms with van der Waals surface area (Å²) in [5.41, 5.74) is 5.74. The van der Waals surface area contributed by atoms with Gasteiger partial charge in [-0.05, 0) is 39.7 Å². The van der Waals surface area contributed by atoms with Gasteiger partial charge in [-0.15, -0.1) is 0 Å². The van der Waals surface area contributed by atoms with Crippen LogP contribution in [-0.2, 0) is 23.9 Å². The Bertz CT molecular complexity index is 375. The second-order valence-corrected chi connectivity index (χ2v) is 4.62. The zero-order chi connectivity index (χ0) is 17.0. The van der Waals surface area contributed by atoms with Crippen molar-refractivity contribution in [1.82, 2.24) is 4.90 Å². The molecule has 0 unspecified atom stereocenters. The first kappa shape index (κ1) is 20.1. The SMILES string of the molecule is C=C(CCCCN)C(=O)N(CC(=O)OCC)CC(=O)OCC. The highest BCUT2D eigenvalue weighted by Gasteiger charge is 2.23. The van der Waals surface area contributed by atoms with Gasteiger partial charge in [0.2, 0.25) is 5.91 Å². The van der Waals surface area contributed by atoms with Crippen molar-refractivity contribution in [2.75, 3.05) is 32.8 Å². The molecule has 0 radical (unpaired) electrons. The molecule has 0 heterocycles. The average Bonchev–Trinajstić information content (AvgIpc) is 2.46. The van der Waals surface area contributed by atoms with Crippen LogP contribution < -0.4 is 5.73 Å². The third-order valence-corrected chi connectivity index (χ3v) is 2.77. The summed E-state index contributed by atoms with van der Waals surface area (Å²) < 4.78 is 9.62. The molecule has 0 aromatic heterocycles. The molecule has 1 amide bonds. The highest BCUT2D eigenvalue weighted by Crippen LogP contribution is 2.09. The van der Waals surface area contributed by atoms with Crippen molar-refractivity contribution >= 4 is 17.8 Å². The van der Waals surface area contributed by atoms with Crippen LogP contribution >= 0.6 is 0 Å². The number of nitrogens with two attached hydrogens (primary N) is 1. The number of amides is 1. The third kappa shape index (κ3) is 8.41. The van der Waals surface area contributed by atoms with E-state index >= 15 is 0 Å². The van der Waals surface area contributed by atoms with Gasteiger partial charge in [-0.25, -0.2) is 0 Å². The molecule has 0 aromatic carbocycles. The van der Waals surface area contributed by atoms with E-state index in [9.17, 15) is 14.4 Å². The second kappa shape index (κ2) is 11.7. The molecule has 0 atom stereocenters. The van der Waals surface area contributed by atoms with Crippen LogP contribution in [-0.4, -0.2) is 55.6 Å². The summed E-state index contributed by atoms with van der Waals surface area (Å²) in [6.07, 6.45) is 1.98. The molecule has 7 nitrogen and oxygen atoms in total. The lowest BCUT2D eigenvalue weighted by atomic mass is 10.1. The predicted octanol–water partition coefficient (Wildman–Crippen LogP) is 0.626. The van der Waals surface area contributed by atoms with Crippen molar-refractivity contribution in [3.05, 3.63) is 12.2 Å². The van der Waals surface area contributed by atoms with Crippen molar-refractivity contribution in [3.63, 3.8) is 0 Å². The predicted molar refractivity (Wildman–Crippen MR) is 81.9 cm³/mol. The fraction of sp³-hybridized carbons (Fsp3) is 0.667. The van der Waals surface area contributed by atoms with Crippen LogP contribution in [0.2, 0.25) is 0 Å². The van der Waals surface area contributed by atoms with E-state index in [0.717, 1.165) is 17.7 Å². The second-order valence-electron chi connectivity index (χ2n) is 4.62. The molecule has 0 saturated carbocycles. The van der Waals surface area contributed by atoms with Crippen LogP contribution in [0.1, 0.15) is 33.1 Å². The molecule has 22 heavy (non-hydrogen) atoms. The van der Waals surface area contributed by atoms with E-state index in [-0.39, 0.29) is 26.3 Å². The maximum absolute atomic E-state index is 12.3. The Morgan fingerprint density at radius 3 is 1.91 bits per heavy atom. The summed E-state index contributed by atoms with van der Waals surface area (Å²) in [5, 5.41) is 0. The van der Waals surface area contributed by atoms with Gasteiger partial charge >= 0.3 is 11.9 Å². The number of carbonyl (C=O) groups excluding carboxylic acids is 3. The molecule has 0 aromatic rings. The van der Waals surface area contributed by atoms with Gasteiger partial charge in [-0.1, -0.05) is 6.58 Å². The number of ether oxygens (including phenoxy) is 2. The van der Waals surface area contributed by atoms with Gasteiger partial charge in [-0.2, -0.15) is 0 Å². The fourth-order valence-corrected chi connectivity index (χ4v) is 1.74. The Kier molecular flexibility index (Phi) is 10.7. The van der Waals surface area contributed by atoms with Gasteiger partial charge in [0.25, 0.3) is 0 Å². The summed E-state index contributed by atoms with van der Waals surface area (Å²) >= 11 is 0. The Hall–Kier alpha value is -1.89. The smallest absolute Gasteiger partial charge is 0.325 e. The Morgan fingerprint density at radius 1 is 1.00 bits per heavy atom. The zero-order valence-corrected chi connectivity index (χ0v) is 13.4. The van der Waals surface area contributed by atoms with E-state index in [1.807, 2.05) is 0 Å². The summed E-state index contributed by atoms with van der Waals surface area (Å²) in [6.45, 7) is 7.40. The number of unbranched alkanes of at least 4 members (excludes halogenated alkanes) is 1. The molecule has 0 fully saturated rings. The van der Waals surface area contributed by atoms with Crippen LogP contribution in [0.25, 0.3) is 0 Å². The first-order valence-electron chi connectivity index (χ1n) is 7.44. The average molecular weight is 314 g/mol. The molecule has 0 aliphatic heterocycles. The Labute approximate surface area is 131 Å². The summed E-state index contributed by atoms with van der Waals surface area (Å²) in [4.78, 5) is 36.5. The maximum Gasteiger partial charge on any atom is 0.325 e. The van der Waals surface area contributed by atoms with Gasteiger partial charge in [0.05, 0.1) is 13.2 Å². The minimum atomic E-state index is -0.574. The van der Waals surface area contributed by atoms with Gasteiger partial charge in [-0.3, -0.25) is 14.4 Å². The van der Waals surface area contributed by atoms with Crippen LogP contribution in [0.15, 0.2) is 12.2 Å². The minimum absolute atomic E-state index is 0.206. The summed E-state index contributed by atoms with van der Waals surface area (Å²) in [6, 6.07) is 0. The molecule has 0 spiro atoms. The molecule has 126 valence electrons. The molecule has 0 rings (SSSR count). The molecule has 2 N–H and O–H groups in total. The van der Waals surface area contributed by atoms with Crippen LogP contribution in [0.5, 0.6) is 0 Å². The lowest BCUT2D eigenvalue weighted by Gasteiger charge is -2.21. The number of rotatable bonds is 11. The number of hydrogen-bond acceptors (Lipinski definition) is 6. The normalized spacial score (nSPS) is 9.95. The van der Waals surface area contributed by atoms with E-state index in [1.165, 1.54) is 0 Å².